The predicted molar refractivity (Wildman–Crippen MR) is 74.1 cm³/mol. The van der Waals surface area contributed by atoms with E-state index in [4.69, 9.17) is 5.73 Å². The highest BCUT2D eigenvalue weighted by molar-refractivity contribution is 5.31. The van der Waals surface area contributed by atoms with Crippen molar-refractivity contribution in [3.05, 3.63) is 35.1 Å². The minimum Gasteiger partial charge on any atom is -0.321 e. The molecule has 1 nitrogen and oxygen atoms in total. The van der Waals surface area contributed by atoms with Crippen molar-refractivity contribution in [1.29, 1.82) is 0 Å². The number of nitrogens with two attached hydrogens (primary N) is 1. The maximum absolute atomic E-state index is 13.7. The van der Waals surface area contributed by atoms with E-state index in [1.165, 1.54) is 6.07 Å². The van der Waals surface area contributed by atoms with Crippen LogP contribution in [0.1, 0.15) is 56.6 Å². The van der Waals surface area contributed by atoms with E-state index in [1.807, 2.05) is 0 Å². The third-order valence-corrected chi connectivity index (χ3v) is 4.66. The van der Waals surface area contributed by atoms with E-state index >= 15 is 0 Å². The van der Waals surface area contributed by atoms with Crippen molar-refractivity contribution in [3.8, 4) is 0 Å². The van der Waals surface area contributed by atoms with Gasteiger partial charge in [0.05, 0.1) is 5.56 Å². The molecule has 0 spiro atoms. The van der Waals surface area contributed by atoms with Gasteiger partial charge in [0.1, 0.15) is 5.82 Å². The van der Waals surface area contributed by atoms with Crippen LogP contribution in [0.3, 0.4) is 0 Å². The van der Waals surface area contributed by atoms with Crippen LogP contribution in [0, 0.1) is 11.7 Å². The van der Waals surface area contributed by atoms with Crippen LogP contribution in [-0.4, -0.2) is 0 Å². The predicted octanol–water partition coefficient (Wildman–Crippen LogP) is 4.99. The van der Waals surface area contributed by atoms with Crippen molar-refractivity contribution in [2.75, 3.05) is 0 Å². The van der Waals surface area contributed by atoms with Gasteiger partial charge in [0.2, 0.25) is 0 Å². The largest absolute Gasteiger partial charge is 0.419 e. The number of benzene rings is 1. The molecule has 2 N–H and O–H groups in total. The first-order valence-corrected chi connectivity index (χ1v) is 7.42. The molecule has 1 aromatic carbocycles. The molecule has 2 unspecified atom stereocenters. The summed E-state index contributed by atoms with van der Waals surface area (Å²) in [6.45, 7) is 2.13. The second-order valence-corrected chi connectivity index (χ2v) is 6.05. The first kappa shape index (κ1) is 16.3. The molecule has 118 valence electrons. The Morgan fingerprint density at radius 3 is 2.52 bits per heavy atom. The van der Waals surface area contributed by atoms with Crippen LogP contribution in [0.25, 0.3) is 0 Å². The van der Waals surface area contributed by atoms with E-state index in [9.17, 15) is 17.6 Å². The van der Waals surface area contributed by atoms with Crippen LogP contribution in [-0.2, 0) is 11.7 Å². The lowest BCUT2D eigenvalue weighted by Crippen LogP contribution is -2.36. The number of rotatable bonds is 2. The van der Waals surface area contributed by atoms with Crippen molar-refractivity contribution in [2.45, 2.75) is 57.2 Å². The Kier molecular flexibility index (Phi) is 4.61. The van der Waals surface area contributed by atoms with Crippen molar-refractivity contribution >= 4 is 0 Å². The standard InChI is InChI=1S/C16H21F4N/c1-2-11-4-3-8-15(21,9-7-11)12-5-6-13(14(17)10-12)16(18,19)20/h5-6,10-11H,2-4,7-9,21H2,1H3. The molecule has 0 amide bonds. The molecule has 1 fully saturated rings. The summed E-state index contributed by atoms with van der Waals surface area (Å²) in [4.78, 5) is 0. The molecule has 5 heteroatoms. The minimum atomic E-state index is -4.67. The summed E-state index contributed by atoms with van der Waals surface area (Å²) in [6.07, 6.45) is 0.745. The van der Waals surface area contributed by atoms with Crippen molar-refractivity contribution in [3.63, 3.8) is 0 Å². The van der Waals surface area contributed by atoms with Gasteiger partial charge in [-0.3, -0.25) is 0 Å². The summed E-state index contributed by atoms with van der Waals surface area (Å²) in [5.74, 6) is -0.629. The molecule has 0 aromatic heterocycles. The van der Waals surface area contributed by atoms with E-state index in [2.05, 4.69) is 6.92 Å². The number of hydrogen-bond donors (Lipinski definition) is 1. The van der Waals surface area contributed by atoms with Crippen LogP contribution in [0.15, 0.2) is 18.2 Å². The molecule has 0 saturated heterocycles. The molecule has 0 aliphatic heterocycles. The maximum Gasteiger partial charge on any atom is 0.419 e. The number of alkyl halides is 3. The molecule has 21 heavy (non-hydrogen) atoms. The molecule has 0 bridgehead atoms. The summed E-state index contributed by atoms with van der Waals surface area (Å²) in [5, 5.41) is 0. The van der Waals surface area contributed by atoms with Gasteiger partial charge < -0.3 is 5.73 Å². The zero-order valence-electron chi connectivity index (χ0n) is 12.1. The summed E-state index contributed by atoms with van der Waals surface area (Å²) in [5.41, 5.74) is 4.91. The molecule has 1 aliphatic carbocycles. The Labute approximate surface area is 122 Å². The fourth-order valence-corrected chi connectivity index (χ4v) is 3.19. The molecular formula is C16H21F4N. The van der Waals surface area contributed by atoms with Crippen LogP contribution >= 0.6 is 0 Å². The van der Waals surface area contributed by atoms with E-state index < -0.39 is 23.1 Å². The summed E-state index contributed by atoms with van der Waals surface area (Å²) >= 11 is 0. The Bertz CT molecular complexity index is 498. The minimum absolute atomic E-state index is 0.477. The van der Waals surface area contributed by atoms with Gasteiger partial charge in [0, 0.05) is 5.54 Å². The first-order valence-electron chi connectivity index (χ1n) is 7.42. The highest BCUT2D eigenvalue weighted by Crippen LogP contribution is 2.39. The Balaban J connectivity index is 2.27. The molecule has 0 heterocycles. The fourth-order valence-electron chi connectivity index (χ4n) is 3.19. The van der Waals surface area contributed by atoms with Gasteiger partial charge in [-0.25, -0.2) is 4.39 Å². The lowest BCUT2D eigenvalue weighted by molar-refractivity contribution is -0.140. The lowest BCUT2D eigenvalue weighted by atomic mass is 9.83. The van der Waals surface area contributed by atoms with Gasteiger partial charge in [0.25, 0.3) is 0 Å². The van der Waals surface area contributed by atoms with E-state index in [0.717, 1.165) is 37.8 Å². The van der Waals surface area contributed by atoms with Crippen molar-refractivity contribution in [1.82, 2.24) is 0 Å². The van der Waals surface area contributed by atoms with Crippen LogP contribution < -0.4 is 5.73 Å². The van der Waals surface area contributed by atoms with Gasteiger partial charge in [-0.2, -0.15) is 13.2 Å². The zero-order chi connectivity index (χ0) is 15.7. The Morgan fingerprint density at radius 1 is 1.24 bits per heavy atom. The number of hydrogen-bond acceptors (Lipinski definition) is 1. The Morgan fingerprint density at radius 2 is 1.95 bits per heavy atom. The van der Waals surface area contributed by atoms with Gasteiger partial charge in [-0.1, -0.05) is 32.3 Å². The average molecular weight is 303 g/mol. The smallest absolute Gasteiger partial charge is 0.321 e. The van der Waals surface area contributed by atoms with Crippen LogP contribution in [0.4, 0.5) is 17.6 Å². The maximum atomic E-state index is 13.7. The summed E-state index contributed by atoms with van der Waals surface area (Å²) in [6, 6.07) is 3.11. The van der Waals surface area contributed by atoms with Gasteiger partial charge in [-0.05, 0) is 42.9 Å². The first-order chi connectivity index (χ1) is 9.76. The van der Waals surface area contributed by atoms with Crippen LogP contribution in [0.2, 0.25) is 0 Å². The molecule has 1 saturated carbocycles. The van der Waals surface area contributed by atoms with E-state index in [0.29, 0.717) is 24.3 Å². The molecule has 1 aliphatic rings. The van der Waals surface area contributed by atoms with Crippen molar-refractivity contribution in [2.24, 2.45) is 11.7 Å². The molecule has 2 atom stereocenters. The van der Waals surface area contributed by atoms with Gasteiger partial charge >= 0.3 is 6.18 Å². The zero-order valence-corrected chi connectivity index (χ0v) is 12.1. The summed E-state index contributed by atoms with van der Waals surface area (Å²) < 4.78 is 51.6. The topological polar surface area (TPSA) is 26.0 Å². The average Bonchev–Trinajstić information content (AvgIpc) is 2.60. The highest BCUT2D eigenvalue weighted by Gasteiger charge is 2.36. The molecule has 2 rings (SSSR count). The monoisotopic (exact) mass is 303 g/mol. The third kappa shape index (κ3) is 3.57. The molecule has 0 radical (unpaired) electrons. The second-order valence-electron chi connectivity index (χ2n) is 6.05. The fraction of sp³-hybridized carbons (Fsp3) is 0.625. The normalized spacial score (nSPS) is 27.4. The molecular weight excluding hydrogens is 282 g/mol. The lowest BCUT2D eigenvalue weighted by Gasteiger charge is -2.29. The van der Waals surface area contributed by atoms with Crippen LogP contribution in [0.5, 0.6) is 0 Å². The quantitative estimate of drug-likeness (QED) is 0.604. The number of halogens is 4. The third-order valence-electron chi connectivity index (χ3n) is 4.66. The Hall–Kier alpha value is -1.10. The summed E-state index contributed by atoms with van der Waals surface area (Å²) in [7, 11) is 0. The van der Waals surface area contributed by atoms with E-state index in [1.54, 1.807) is 0 Å². The van der Waals surface area contributed by atoms with Crippen molar-refractivity contribution < 1.29 is 17.6 Å². The highest BCUT2D eigenvalue weighted by atomic mass is 19.4. The van der Waals surface area contributed by atoms with Gasteiger partial charge in [0.15, 0.2) is 0 Å². The van der Waals surface area contributed by atoms with E-state index in [-0.39, 0.29) is 0 Å². The second kappa shape index (κ2) is 5.95. The van der Waals surface area contributed by atoms with Gasteiger partial charge in [-0.15, -0.1) is 0 Å². The SMILES string of the molecule is CCC1CCCC(N)(c2ccc(C(F)(F)F)c(F)c2)CC1. The molecule has 1 aromatic rings.